The largest absolute Gasteiger partial charge is 0.399 e. The zero-order valence-electron chi connectivity index (χ0n) is 12.4. The van der Waals surface area contributed by atoms with E-state index in [1.807, 2.05) is 0 Å². The van der Waals surface area contributed by atoms with Gasteiger partial charge in [-0.2, -0.15) is 0 Å². The van der Waals surface area contributed by atoms with E-state index in [0.29, 0.717) is 11.3 Å². The number of nitrogens with two attached hydrogens (primary N) is 1. The van der Waals surface area contributed by atoms with Gasteiger partial charge in [-0.05, 0) is 31.0 Å². The van der Waals surface area contributed by atoms with Crippen LogP contribution in [-0.2, 0) is 4.74 Å². The summed E-state index contributed by atoms with van der Waals surface area (Å²) in [5, 5.41) is 5.86. The van der Waals surface area contributed by atoms with Crippen LogP contribution in [0.2, 0.25) is 0 Å². The Kier molecular flexibility index (Phi) is 7.50. The van der Waals surface area contributed by atoms with Crippen molar-refractivity contribution in [1.29, 1.82) is 0 Å². The van der Waals surface area contributed by atoms with Crippen molar-refractivity contribution in [2.45, 2.75) is 26.2 Å². The third-order valence-corrected chi connectivity index (χ3v) is 2.94. The Morgan fingerprint density at radius 1 is 1.30 bits per heavy atom. The van der Waals surface area contributed by atoms with Crippen molar-refractivity contribution in [3.63, 3.8) is 0 Å². The molecule has 5 heteroatoms. The van der Waals surface area contributed by atoms with Gasteiger partial charge in [0.1, 0.15) is 0 Å². The lowest BCUT2D eigenvalue weighted by molar-refractivity contribution is 0.0964. The number of ether oxygens (including phenoxy) is 1. The molecule has 0 aliphatic carbocycles. The SMILES string of the molecule is CCCCOCCCNc1cc(N)ccc1C(=O)NC. The Bertz CT molecular complexity index is 422. The molecule has 0 fully saturated rings. The summed E-state index contributed by atoms with van der Waals surface area (Å²) >= 11 is 0. The van der Waals surface area contributed by atoms with Crippen molar-refractivity contribution in [3.05, 3.63) is 23.8 Å². The number of carbonyl (C=O) groups is 1. The molecule has 1 amide bonds. The minimum Gasteiger partial charge on any atom is -0.399 e. The topological polar surface area (TPSA) is 76.4 Å². The van der Waals surface area contributed by atoms with E-state index in [-0.39, 0.29) is 5.91 Å². The number of unbranched alkanes of at least 4 members (excludes halogenated alkanes) is 1. The molecular formula is C15H25N3O2. The van der Waals surface area contributed by atoms with Crippen LogP contribution >= 0.6 is 0 Å². The second kappa shape index (κ2) is 9.20. The smallest absolute Gasteiger partial charge is 0.253 e. The Morgan fingerprint density at radius 3 is 2.75 bits per heavy atom. The van der Waals surface area contributed by atoms with Crippen molar-refractivity contribution in [2.75, 3.05) is 37.9 Å². The van der Waals surface area contributed by atoms with Gasteiger partial charge in [-0.15, -0.1) is 0 Å². The third-order valence-electron chi connectivity index (χ3n) is 2.94. The Morgan fingerprint density at radius 2 is 2.05 bits per heavy atom. The van der Waals surface area contributed by atoms with Gasteiger partial charge in [-0.25, -0.2) is 0 Å². The minimum atomic E-state index is -0.119. The molecule has 5 nitrogen and oxygen atoms in total. The van der Waals surface area contributed by atoms with Crippen LogP contribution in [0.3, 0.4) is 0 Å². The average molecular weight is 279 g/mol. The lowest BCUT2D eigenvalue weighted by Crippen LogP contribution is -2.20. The number of nitrogen functional groups attached to an aromatic ring is 1. The summed E-state index contributed by atoms with van der Waals surface area (Å²) in [6.45, 7) is 4.44. The molecule has 1 rings (SSSR count). The van der Waals surface area contributed by atoms with Gasteiger partial charge >= 0.3 is 0 Å². The molecule has 0 aliphatic rings. The average Bonchev–Trinajstić information content (AvgIpc) is 2.45. The Hall–Kier alpha value is -1.75. The fourth-order valence-electron chi connectivity index (χ4n) is 1.79. The second-order valence-corrected chi connectivity index (χ2v) is 4.63. The van der Waals surface area contributed by atoms with Gasteiger partial charge in [0, 0.05) is 38.2 Å². The highest BCUT2D eigenvalue weighted by atomic mass is 16.5. The molecule has 1 aromatic carbocycles. The van der Waals surface area contributed by atoms with E-state index in [4.69, 9.17) is 10.5 Å². The van der Waals surface area contributed by atoms with E-state index in [9.17, 15) is 4.79 Å². The lowest BCUT2D eigenvalue weighted by atomic mass is 10.1. The molecule has 0 atom stereocenters. The highest BCUT2D eigenvalue weighted by Crippen LogP contribution is 2.19. The number of anilines is 2. The quantitative estimate of drug-likeness (QED) is 0.478. The van der Waals surface area contributed by atoms with E-state index >= 15 is 0 Å². The van der Waals surface area contributed by atoms with Crippen LogP contribution < -0.4 is 16.4 Å². The first-order chi connectivity index (χ1) is 9.69. The molecule has 0 spiro atoms. The maximum atomic E-state index is 11.7. The van der Waals surface area contributed by atoms with E-state index in [2.05, 4.69) is 17.6 Å². The van der Waals surface area contributed by atoms with E-state index in [1.54, 1.807) is 25.2 Å². The Balaban J connectivity index is 2.42. The molecule has 0 bridgehead atoms. The highest BCUT2D eigenvalue weighted by Gasteiger charge is 2.09. The summed E-state index contributed by atoms with van der Waals surface area (Å²) in [6, 6.07) is 5.24. The molecule has 1 aromatic rings. The van der Waals surface area contributed by atoms with E-state index < -0.39 is 0 Å². The summed E-state index contributed by atoms with van der Waals surface area (Å²) in [5.74, 6) is -0.119. The molecule has 0 aliphatic heterocycles. The molecular weight excluding hydrogens is 254 g/mol. The summed E-state index contributed by atoms with van der Waals surface area (Å²) in [6.07, 6.45) is 3.15. The van der Waals surface area contributed by atoms with Crippen molar-refractivity contribution in [2.24, 2.45) is 0 Å². The van der Waals surface area contributed by atoms with Gasteiger partial charge in [-0.1, -0.05) is 13.3 Å². The predicted molar refractivity (Wildman–Crippen MR) is 83.1 cm³/mol. The van der Waals surface area contributed by atoms with Crippen LogP contribution in [0.1, 0.15) is 36.5 Å². The number of nitrogens with one attached hydrogen (secondary N) is 2. The third kappa shape index (κ3) is 5.48. The minimum absolute atomic E-state index is 0.119. The fraction of sp³-hybridized carbons (Fsp3) is 0.533. The molecule has 0 aromatic heterocycles. The van der Waals surface area contributed by atoms with Gasteiger partial charge in [0.25, 0.3) is 5.91 Å². The van der Waals surface area contributed by atoms with Gasteiger partial charge in [0.15, 0.2) is 0 Å². The summed E-state index contributed by atoms with van der Waals surface area (Å²) < 4.78 is 5.49. The Labute approximate surface area is 120 Å². The van der Waals surface area contributed by atoms with Crippen molar-refractivity contribution < 1.29 is 9.53 Å². The predicted octanol–water partition coefficient (Wildman–Crippen LogP) is 2.25. The van der Waals surface area contributed by atoms with E-state index in [1.165, 1.54) is 0 Å². The fourth-order valence-corrected chi connectivity index (χ4v) is 1.79. The first kappa shape index (κ1) is 16.3. The monoisotopic (exact) mass is 279 g/mol. The number of carbonyl (C=O) groups excluding carboxylic acids is 1. The van der Waals surface area contributed by atoms with E-state index in [0.717, 1.165) is 44.7 Å². The number of hydrogen-bond donors (Lipinski definition) is 3. The molecule has 0 saturated carbocycles. The van der Waals surface area contributed by atoms with Crippen molar-refractivity contribution >= 4 is 17.3 Å². The van der Waals surface area contributed by atoms with Crippen LogP contribution in [0.4, 0.5) is 11.4 Å². The normalized spacial score (nSPS) is 10.3. The summed E-state index contributed by atoms with van der Waals surface area (Å²) in [4.78, 5) is 11.7. The van der Waals surface area contributed by atoms with Gasteiger partial charge < -0.3 is 21.1 Å². The number of benzene rings is 1. The number of amides is 1. The van der Waals surface area contributed by atoms with Crippen LogP contribution in [0.5, 0.6) is 0 Å². The molecule has 4 N–H and O–H groups in total. The molecule has 112 valence electrons. The number of hydrogen-bond acceptors (Lipinski definition) is 4. The van der Waals surface area contributed by atoms with Gasteiger partial charge in [-0.3, -0.25) is 4.79 Å². The van der Waals surface area contributed by atoms with Crippen LogP contribution in [0, 0.1) is 0 Å². The maximum absolute atomic E-state index is 11.7. The maximum Gasteiger partial charge on any atom is 0.253 e. The first-order valence-electron chi connectivity index (χ1n) is 7.12. The van der Waals surface area contributed by atoms with Gasteiger partial charge in [0.05, 0.1) is 5.56 Å². The lowest BCUT2D eigenvalue weighted by Gasteiger charge is -2.12. The van der Waals surface area contributed by atoms with Gasteiger partial charge in [0.2, 0.25) is 0 Å². The number of rotatable bonds is 9. The van der Waals surface area contributed by atoms with Crippen LogP contribution in [0.25, 0.3) is 0 Å². The second-order valence-electron chi connectivity index (χ2n) is 4.63. The van der Waals surface area contributed by atoms with Crippen LogP contribution in [-0.4, -0.2) is 32.7 Å². The molecule has 0 heterocycles. The summed E-state index contributed by atoms with van der Waals surface area (Å²) in [5.41, 5.74) is 7.76. The molecule has 0 unspecified atom stereocenters. The molecule has 0 radical (unpaired) electrons. The molecule has 0 saturated heterocycles. The zero-order valence-corrected chi connectivity index (χ0v) is 12.4. The van der Waals surface area contributed by atoms with Crippen molar-refractivity contribution in [1.82, 2.24) is 5.32 Å². The first-order valence-corrected chi connectivity index (χ1v) is 7.12. The zero-order chi connectivity index (χ0) is 14.8. The standard InChI is InChI=1S/C15H25N3O2/c1-3-4-9-20-10-5-8-18-14-11-12(16)6-7-13(14)15(19)17-2/h6-7,11,18H,3-5,8-10,16H2,1-2H3,(H,17,19). The van der Waals surface area contributed by atoms with Crippen LogP contribution in [0.15, 0.2) is 18.2 Å². The highest BCUT2D eigenvalue weighted by molar-refractivity contribution is 6.00. The molecule has 20 heavy (non-hydrogen) atoms. The summed E-state index contributed by atoms with van der Waals surface area (Å²) in [7, 11) is 1.62. The van der Waals surface area contributed by atoms with Crippen molar-refractivity contribution in [3.8, 4) is 0 Å².